The number of halogens is 1. The van der Waals surface area contributed by atoms with Crippen molar-refractivity contribution in [2.75, 3.05) is 35.6 Å². The van der Waals surface area contributed by atoms with Gasteiger partial charge in [-0.3, -0.25) is 9.78 Å². The minimum Gasteiger partial charge on any atom is -0.370 e. The minimum absolute atomic E-state index is 0.313. The highest BCUT2D eigenvalue weighted by molar-refractivity contribution is 5.97. The molecule has 4 heterocycles. The summed E-state index contributed by atoms with van der Waals surface area (Å²) in [6.45, 7) is 12.2. The van der Waals surface area contributed by atoms with Gasteiger partial charge in [0.15, 0.2) is 5.65 Å². The zero-order valence-corrected chi connectivity index (χ0v) is 26.1. The van der Waals surface area contributed by atoms with Gasteiger partial charge >= 0.3 is 0 Å². The molecule has 0 saturated carbocycles. The Morgan fingerprint density at radius 3 is 2.67 bits per heavy atom. The van der Waals surface area contributed by atoms with Gasteiger partial charge in [0.25, 0.3) is 0 Å². The molecule has 9 nitrogen and oxygen atoms in total. The van der Waals surface area contributed by atoms with Crippen molar-refractivity contribution in [1.29, 1.82) is 0 Å². The Morgan fingerprint density at radius 2 is 1.91 bits per heavy atom. The van der Waals surface area contributed by atoms with E-state index in [0.717, 1.165) is 75.8 Å². The van der Waals surface area contributed by atoms with E-state index in [4.69, 9.17) is 15.1 Å². The lowest BCUT2D eigenvalue weighted by atomic mass is 9.98. The monoisotopic (exact) mass is 608 g/mol. The number of hydrogen-bond acceptors (Lipinski definition) is 7. The van der Waals surface area contributed by atoms with E-state index in [1.807, 2.05) is 47.2 Å². The average Bonchev–Trinajstić information content (AvgIpc) is 3.47. The van der Waals surface area contributed by atoms with Crippen LogP contribution in [0.5, 0.6) is 0 Å². The second-order valence-corrected chi connectivity index (χ2v) is 11.6. The minimum atomic E-state index is -0.333. The number of nitrogens with one attached hydrogen (secondary N) is 4. The van der Waals surface area contributed by atoms with Crippen LogP contribution in [0.3, 0.4) is 0 Å². The van der Waals surface area contributed by atoms with Crippen LogP contribution in [0.15, 0.2) is 79.4 Å². The number of hydrogen-bond donors (Lipinski definition) is 4. The molecule has 10 heteroatoms. The molecule has 2 aromatic carbocycles. The van der Waals surface area contributed by atoms with Gasteiger partial charge in [-0.15, -0.1) is 0 Å². The number of carbonyl (C=O) groups excluding carboxylic acids is 1. The van der Waals surface area contributed by atoms with Crippen LogP contribution in [0.2, 0.25) is 0 Å². The highest BCUT2D eigenvalue weighted by atomic mass is 19.1. The lowest BCUT2D eigenvalue weighted by Gasteiger charge is -2.23. The number of fused-ring (bicyclic) bond motifs is 2. The number of anilines is 3. The van der Waals surface area contributed by atoms with Gasteiger partial charge in [-0.05, 0) is 73.8 Å². The van der Waals surface area contributed by atoms with Crippen molar-refractivity contribution in [2.24, 2.45) is 5.92 Å². The predicted octanol–water partition coefficient (Wildman–Crippen LogP) is 7.15. The summed E-state index contributed by atoms with van der Waals surface area (Å²) < 4.78 is 12.7. The summed E-state index contributed by atoms with van der Waals surface area (Å²) in [7, 11) is 0. The molecule has 234 valence electrons. The lowest BCUT2D eigenvalue weighted by Crippen LogP contribution is -2.31. The predicted molar refractivity (Wildman–Crippen MR) is 181 cm³/mol. The van der Waals surface area contributed by atoms with E-state index in [1.165, 1.54) is 19.8 Å². The third kappa shape index (κ3) is 7.82. The summed E-state index contributed by atoms with van der Waals surface area (Å²) in [5, 5.41) is 20.2. The molecule has 0 radical (unpaired) electrons. The smallest absolute Gasteiger partial charge is 0.211 e. The zero-order valence-electron chi connectivity index (χ0n) is 26.1. The Hall–Kier alpha value is -4.83. The number of carbonyl (C=O) groups is 1. The number of pyridine rings is 1. The molecule has 4 N–H and O–H groups in total. The van der Waals surface area contributed by atoms with Crippen molar-refractivity contribution in [2.45, 2.75) is 46.1 Å². The van der Waals surface area contributed by atoms with Crippen LogP contribution in [-0.2, 0) is 11.3 Å². The fraction of sp³-hybridized carbons (Fsp3) is 0.314. The molecule has 1 aliphatic heterocycles. The molecule has 1 fully saturated rings. The van der Waals surface area contributed by atoms with Crippen LogP contribution in [0, 0.1) is 5.92 Å². The van der Waals surface area contributed by atoms with E-state index in [0.29, 0.717) is 24.8 Å². The summed E-state index contributed by atoms with van der Waals surface area (Å²) in [4.78, 5) is 20.7. The number of piperidine rings is 1. The number of nitrogens with zero attached hydrogens (tertiary/aromatic N) is 4. The molecule has 0 atom stereocenters. The fourth-order valence-corrected chi connectivity index (χ4v) is 5.58. The molecule has 0 unspecified atom stereocenters. The number of rotatable bonds is 10. The number of allylic oxidation sites excluding steroid dienone is 1. The first-order chi connectivity index (χ1) is 21.8. The van der Waals surface area contributed by atoms with Gasteiger partial charge in [-0.2, -0.15) is 9.61 Å². The molecule has 1 aliphatic rings. The third-order valence-corrected chi connectivity index (χ3v) is 7.87. The Bertz CT molecular complexity index is 1770. The molecule has 1 saturated heterocycles. The van der Waals surface area contributed by atoms with Crippen molar-refractivity contribution in [1.82, 2.24) is 24.9 Å². The summed E-state index contributed by atoms with van der Waals surface area (Å²) in [6, 6.07) is 18.2. The first-order valence-corrected chi connectivity index (χ1v) is 15.4. The van der Waals surface area contributed by atoms with E-state index in [1.54, 1.807) is 0 Å². The van der Waals surface area contributed by atoms with Crippen LogP contribution >= 0.6 is 0 Å². The highest BCUT2D eigenvalue weighted by Gasteiger charge is 2.17. The second kappa shape index (κ2) is 14.8. The van der Waals surface area contributed by atoms with E-state index in [-0.39, 0.29) is 5.83 Å². The van der Waals surface area contributed by atoms with E-state index in [9.17, 15) is 9.18 Å². The topological polar surface area (TPSA) is 108 Å². The molecular formula is C35H41FN8O. The van der Waals surface area contributed by atoms with Gasteiger partial charge in [-0.1, -0.05) is 50.8 Å². The molecule has 3 aromatic heterocycles. The number of amides is 1. The quantitative estimate of drug-likeness (QED) is 0.125. The Morgan fingerprint density at radius 1 is 1.13 bits per heavy atom. The first kappa shape index (κ1) is 31.6. The number of benzene rings is 2. The summed E-state index contributed by atoms with van der Waals surface area (Å²) >= 11 is 0. The molecule has 0 aliphatic carbocycles. The zero-order chi connectivity index (χ0) is 31.8. The molecule has 45 heavy (non-hydrogen) atoms. The van der Waals surface area contributed by atoms with Gasteiger partial charge in [0.1, 0.15) is 11.6 Å². The fourth-order valence-electron chi connectivity index (χ4n) is 5.58. The van der Waals surface area contributed by atoms with Crippen molar-refractivity contribution in [3.63, 3.8) is 0 Å². The van der Waals surface area contributed by atoms with E-state index in [2.05, 4.69) is 66.0 Å². The molecule has 5 aromatic rings. The largest absolute Gasteiger partial charge is 0.370 e. The first-order valence-electron chi connectivity index (χ1n) is 15.4. The van der Waals surface area contributed by atoms with E-state index < -0.39 is 0 Å². The Kier molecular flexibility index (Phi) is 10.4. The SMILES string of the molecule is C=C(C)F.CC(C)c1cnn2c(NCc3ccccc3-c3nccc4cc(NC=O)ccc34)cc(NCC3CCNCC3)nc12. The van der Waals surface area contributed by atoms with Gasteiger partial charge < -0.3 is 21.3 Å². The highest BCUT2D eigenvalue weighted by Crippen LogP contribution is 2.31. The second-order valence-electron chi connectivity index (χ2n) is 11.6. The van der Waals surface area contributed by atoms with E-state index >= 15 is 0 Å². The molecule has 0 bridgehead atoms. The molecule has 1 amide bonds. The standard InChI is InChI=1S/C32H36N8O.C3H5F/c1-21(2)28-19-38-40-30(16-29(39-32(28)40)35-17-22-9-12-33-13-10-22)36-18-24-5-3-4-6-26(24)31-27-8-7-25(37-20-41)15-23(27)11-14-34-31;1-3(2)4/h3-8,11,14-16,19-22,33,36H,9-10,12-13,17-18H2,1-2H3,(H,35,39)(H,37,41);1H2,2H3. The normalized spacial score (nSPS) is 13.4. The van der Waals surface area contributed by atoms with Crippen LogP contribution in [-0.4, -0.2) is 45.6 Å². The van der Waals surface area contributed by atoms with Crippen molar-refractivity contribution in [3.8, 4) is 11.3 Å². The molecule has 0 spiro atoms. The summed E-state index contributed by atoms with van der Waals surface area (Å²) in [5.41, 5.74) is 5.84. The van der Waals surface area contributed by atoms with Gasteiger partial charge in [0.05, 0.1) is 17.7 Å². The maximum absolute atomic E-state index is 10.9. The Balaban J connectivity index is 0.000000945. The maximum Gasteiger partial charge on any atom is 0.211 e. The van der Waals surface area contributed by atoms with Gasteiger partial charge in [0, 0.05) is 47.6 Å². The van der Waals surface area contributed by atoms with Crippen molar-refractivity contribution in [3.05, 3.63) is 90.5 Å². The molecule has 6 rings (SSSR count). The van der Waals surface area contributed by atoms with Gasteiger partial charge in [0.2, 0.25) is 6.41 Å². The molecular weight excluding hydrogens is 567 g/mol. The summed E-state index contributed by atoms with van der Waals surface area (Å²) in [5.74, 6) is 2.38. The Labute approximate surface area is 263 Å². The van der Waals surface area contributed by atoms with Crippen LogP contribution in [0.1, 0.15) is 50.7 Å². The van der Waals surface area contributed by atoms with Crippen molar-refractivity contribution >= 4 is 40.2 Å². The van der Waals surface area contributed by atoms with Gasteiger partial charge in [-0.25, -0.2) is 9.37 Å². The number of aromatic nitrogens is 4. The summed E-state index contributed by atoms with van der Waals surface area (Å²) in [6.07, 6.45) is 6.79. The lowest BCUT2D eigenvalue weighted by molar-refractivity contribution is -0.105. The van der Waals surface area contributed by atoms with Crippen molar-refractivity contribution < 1.29 is 9.18 Å². The average molecular weight is 609 g/mol. The van der Waals surface area contributed by atoms with Crippen LogP contribution in [0.4, 0.5) is 21.7 Å². The third-order valence-electron chi connectivity index (χ3n) is 7.87. The van der Waals surface area contributed by atoms with Crippen LogP contribution < -0.4 is 21.3 Å². The van der Waals surface area contributed by atoms with Crippen LogP contribution in [0.25, 0.3) is 27.7 Å². The maximum atomic E-state index is 10.9.